The van der Waals surface area contributed by atoms with Gasteiger partial charge in [-0.1, -0.05) is 39.0 Å². The smallest absolute Gasteiger partial charge is 0.317 e. The molecule has 2 aliphatic rings. The molecule has 114 valence electrons. The number of urea groups is 1. The van der Waals surface area contributed by atoms with Gasteiger partial charge in [0.2, 0.25) is 0 Å². The lowest BCUT2D eigenvalue weighted by atomic mass is 9.87. The van der Waals surface area contributed by atoms with Crippen LogP contribution in [0, 0.1) is 11.8 Å². The molecule has 2 amide bonds. The molecule has 5 nitrogen and oxygen atoms in total. The van der Waals surface area contributed by atoms with Crippen molar-refractivity contribution < 1.29 is 14.7 Å². The highest BCUT2D eigenvalue weighted by molar-refractivity contribution is 5.76. The van der Waals surface area contributed by atoms with Crippen molar-refractivity contribution in [3.8, 4) is 0 Å². The second-order valence-corrected chi connectivity index (χ2v) is 6.28. The molecule has 20 heavy (non-hydrogen) atoms. The summed E-state index contributed by atoms with van der Waals surface area (Å²) in [6.45, 7) is 2.87. The fraction of sp³-hybridized carbons (Fsp3) is 0.867. The monoisotopic (exact) mass is 282 g/mol. The van der Waals surface area contributed by atoms with Crippen molar-refractivity contribution in [3.05, 3.63) is 0 Å². The molecule has 1 saturated carbocycles. The number of hydrogen-bond acceptors (Lipinski definition) is 2. The van der Waals surface area contributed by atoms with Gasteiger partial charge in [0.25, 0.3) is 0 Å². The summed E-state index contributed by atoms with van der Waals surface area (Å²) in [6.07, 6.45) is 8.42. The van der Waals surface area contributed by atoms with Gasteiger partial charge in [0.1, 0.15) is 0 Å². The molecule has 1 unspecified atom stereocenters. The number of nitrogens with one attached hydrogen (secondary N) is 1. The van der Waals surface area contributed by atoms with Gasteiger partial charge in [-0.25, -0.2) is 4.79 Å². The number of carbonyl (C=O) groups excluding carboxylic acids is 1. The van der Waals surface area contributed by atoms with Crippen molar-refractivity contribution in [1.29, 1.82) is 0 Å². The molecule has 2 fully saturated rings. The van der Waals surface area contributed by atoms with Gasteiger partial charge in [-0.3, -0.25) is 4.79 Å². The van der Waals surface area contributed by atoms with Crippen LogP contribution in [-0.2, 0) is 4.79 Å². The van der Waals surface area contributed by atoms with Crippen LogP contribution in [0.3, 0.4) is 0 Å². The summed E-state index contributed by atoms with van der Waals surface area (Å²) in [4.78, 5) is 24.7. The van der Waals surface area contributed by atoms with E-state index in [-0.39, 0.29) is 17.9 Å². The summed E-state index contributed by atoms with van der Waals surface area (Å²) in [5.74, 6) is -1.02. The van der Waals surface area contributed by atoms with Crippen molar-refractivity contribution in [2.75, 3.05) is 13.1 Å². The van der Waals surface area contributed by atoms with E-state index >= 15 is 0 Å². The van der Waals surface area contributed by atoms with Crippen LogP contribution in [0.4, 0.5) is 4.79 Å². The highest BCUT2D eigenvalue weighted by atomic mass is 16.4. The van der Waals surface area contributed by atoms with Crippen molar-refractivity contribution in [1.82, 2.24) is 10.2 Å². The molecule has 2 N–H and O–H groups in total. The minimum Gasteiger partial charge on any atom is -0.481 e. The zero-order valence-corrected chi connectivity index (χ0v) is 12.3. The molecule has 2 rings (SSSR count). The van der Waals surface area contributed by atoms with Crippen LogP contribution in [0.2, 0.25) is 0 Å². The molecule has 1 atom stereocenters. The van der Waals surface area contributed by atoms with E-state index in [2.05, 4.69) is 5.32 Å². The highest BCUT2D eigenvalue weighted by Gasteiger charge is 2.37. The summed E-state index contributed by atoms with van der Waals surface area (Å²) in [6, 6.07) is 0.295. The molecule has 1 aliphatic carbocycles. The number of rotatable bonds is 3. The maximum absolute atomic E-state index is 12.1. The predicted octanol–water partition coefficient (Wildman–Crippen LogP) is 2.46. The Balaban J connectivity index is 1.72. The van der Waals surface area contributed by atoms with Gasteiger partial charge in [0.05, 0.1) is 5.92 Å². The molecule has 1 saturated heterocycles. The minimum atomic E-state index is -0.768. The Labute approximate surface area is 120 Å². The maximum Gasteiger partial charge on any atom is 0.317 e. The fourth-order valence-electron chi connectivity index (χ4n) is 3.06. The van der Waals surface area contributed by atoms with Crippen molar-refractivity contribution in [2.45, 2.75) is 57.9 Å². The Morgan fingerprint density at radius 3 is 2.20 bits per heavy atom. The maximum atomic E-state index is 12.1. The SMILES string of the molecule is CC(C(=O)O)C1CN(C(=O)NC2CCCCCCC2)C1. The first-order valence-corrected chi connectivity index (χ1v) is 7.86. The van der Waals surface area contributed by atoms with Crippen molar-refractivity contribution in [2.24, 2.45) is 11.8 Å². The lowest BCUT2D eigenvalue weighted by Gasteiger charge is -2.41. The van der Waals surface area contributed by atoms with Gasteiger partial charge in [-0.05, 0) is 12.8 Å². The minimum absolute atomic E-state index is 0.00980. The summed E-state index contributed by atoms with van der Waals surface area (Å²) < 4.78 is 0. The standard InChI is InChI=1S/C15H26N2O3/c1-11(14(18)19)12-9-17(10-12)15(20)16-13-7-5-3-2-4-6-8-13/h11-13H,2-10H2,1H3,(H,16,20)(H,18,19). The number of carbonyl (C=O) groups is 2. The van der Waals surface area contributed by atoms with Crippen LogP contribution in [0.25, 0.3) is 0 Å². The number of nitrogens with zero attached hydrogens (tertiary/aromatic N) is 1. The zero-order valence-electron chi connectivity index (χ0n) is 12.3. The molecule has 0 aromatic rings. The number of amides is 2. The van der Waals surface area contributed by atoms with Crippen molar-refractivity contribution >= 4 is 12.0 Å². The number of carboxylic acid groups (broad SMARTS) is 1. The molecule has 1 heterocycles. The van der Waals surface area contributed by atoms with Gasteiger partial charge in [-0.15, -0.1) is 0 Å². The lowest BCUT2D eigenvalue weighted by Crippen LogP contribution is -2.57. The Morgan fingerprint density at radius 2 is 1.65 bits per heavy atom. The van der Waals surface area contributed by atoms with E-state index < -0.39 is 5.97 Å². The number of likely N-dealkylation sites (tertiary alicyclic amines) is 1. The highest BCUT2D eigenvalue weighted by Crippen LogP contribution is 2.24. The normalized spacial score (nSPS) is 23.4. The van der Waals surface area contributed by atoms with Gasteiger partial charge in [-0.2, -0.15) is 0 Å². The Kier molecular flexibility index (Phi) is 5.26. The third-order valence-electron chi connectivity index (χ3n) is 4.73. The summed E-state index contributed by atoms with van der Waals surface area (Å²) >= 11 is 0. The molecular formula is C15H26N2O3. The van der Waals surface area contributed by atoms with E-state index in [4.69, 9.17) is 5.11 Å². The summed E-state index contributed by atoms with van der Waals surface area (Å²) in [5, 5.41) is 12.1. The van der Waals surface area contributed by atoms with Crippen LogP contribution in [0.1, 0.15) is 51.9 Å². The zero-order chi connectivity index (χ0) is 14.5. The Bertz CT molecular complexity index is 345. The Hall–Kier alpha value is -1.26. The van der Waals surface area contributed by atoms with Crippen LogP contribution >= 0.6 is 0 Å². The molecule has 0 spiro atoms. The second kappa shape index (κ2) is 6.95. The first-order chi connectivity index (χ1) is 9.58. The average molecular weight is 282 g/mol. The van der Waals surface area contributed by atoms with E-state index in [0.29, 0.717) is 19.1 Å². The van der Waals surface area contributed by atoms with Crippen LogP contribution < -0.4 is 5.32 Å². The first-order valence-electron chi connectivity index (χ1n) is 7.86. The molecule has 0 aromatic heterocycles. The predicted molar refractivity (Wildman–Crippen MR) is 76.5 cm³/mol. The summed E-state index contributed by atoms with van der Waals surface area (Å²) in [7, 11) is 0. The van der Waals surface area contributed by atoms with E-state index in [0.717, 1.165) is 12.8 Å². The number of carboxylic acids is 1. The van der Waals surface area contributed by atoms with Crippen LogP contribution in [-0.4, -0.2) is 41.1 Å². The van der Waals surface area contributed by atoms with Gasteiger partial charge in [0, 0.05) is 25.0 Å². The van der Waals surface area contributed by atoms with Crippen LogP contribution in [0.15, 0.2) is 0 Å². The third-order valence-corrected chi connectivity index (χ3v) is 4.73. The molecule has 0 aromatic carbocycles. The third kappa shape index (κ3) is 3.87. The van der Waals surface area contributed by atoms with E-state index in [1.54, 1.807) is 11.8 Å². The largest absolute Gasteiger partial charge is 0.481 e. The summed E-state index contributed by atoms with van der Waals surface area (Å²) in [5.41, 5.74) is 0. The second-order valence-electron chi connectivity index (χ2n) is 6.28. The molecule has 0 bridgehead atoms. The molecule has 5 heteroatoms. The average Bonchev–Trinajstić information content (AvgIpc) is 2.30. The number of hydrogen-bond donors (Lipinski definition) is 2. The Morgan fingerprint density at radius 1 is 1.10 bits per heavy atom. The molecular weight excluding hydrogens is 256 g/mol. The van der Waals surface area contributed by atoms with E-state index in [1.165, 1.54) is 32.1 Å². The molecule has 1 aliphatic heterocycles. The topological polar surface area (TPSA) is 69.6 Å². The number of aliphatic carboxylic acids is 1. The first kappa shape index (κ1) is 15.1. The van der Waals surface area contributed by atoms with Crippen LogP contribution in [0.5, 0.6) is 0 Å². The van der Waals surface area contributed by atoms with E-state index in [1.807, 2.05) is 0 Å². The lowest BCUT2D eigenvalue weighted by molar-refractivity contribution is -0.144. The van der Waals surface area contributed by atoms with Gasteiger partial charge < -0.3 is 15.3 Å². The van der Waals surface area contributed by atoms with E-state index in [9.17, 15) is 9.59 Å². The van der Waals surface area contributed by atoms with Gasteiger partial charge >= 0.3 is 12.0 Å². The quantitative estimate of drug-likeness (QED) is 0.835. The fourth-order valence-corrected chi connectivity index (χ4v) is 3.06. The van der Waals surface area contributed by atoms with Crippen molar-refractivity contribution in [3.63, 3.8) is 0 Å². The van der Waals surface area contributed by atoms with Gasteiger partial charge in [0.15, 0.2) is 0 Å². The molecule has 0 radical (unpaired) electrons.